The van der Waals surface area contributed by atoms with E-state index in [-0.39, 0.29) is 5.41 Å². The lowest BCUT2D eigenvalue weighted by Crippen LogP contribution is -2.51. The molecule has 2 saturated carbocycles. The monoisotopic (exact) mass is 316 g/mol. The average Bonchev–Trinajstić information content (AvgIpc) is 2.79. The maximum Gasteiger partial charge on any atom is 0.137 e. The predicted molar refractivity (Wildman–Crippen MR) is 92.0 cm³/mol. The number of rotatable bonds is 2. The molecule has 0 bridgehead atoms. The van der Waals surface area contributed by atoms with Gasteiger partial charge < -0.3 is 5.11 Å². The number of hydrogen-bond acceptors (Lipinski definition) is 2. The van der Waals surface area contributed by atoms with E-state index >= 15 is 0 Å². The van der Waals surface area contributed by atoms with Crippen molar-refractivity contribution >= 4 is 5.78 Å². The molecule has 0 heterocycles. The Kier molecular flexibility index (Phi) is 3.75. The molecule has 0 aliphatic heterocycles. The number of Topliss-reactive ketones (excluding diaryl/α,β-unsaturated/α-hetero) is 1. The molecule has 128 valence electrons. The van der Waals surface area contributed by atoms with Crippen molar-refractivity contribution in [2.75, 3.05) is 0 Å². The van der Waals surface area contributed by atoms with Crippen LogP contribution in [0.15, 0.2) is 11.1 Å². The highest BCUT2D eigenvalue weighted by atomic mass is 16.3. The zero-order chi connectivity index (χ0) is 16.2. The quantitative estimate of drug-likeness (QED) is 0.743. The largest absolute Gasteiger partial charge is 0.389 e. The molecule has 4 aliphatic carbocycles. The first kappa shape index (κ1) is 15.9. The molecule has 4 rings (SSSR count). The lowest BCUT2D eigenvalue weighted by Gasteiger charge is -2.54. The van der Waals surface area contributed by atoms with Crippen molar-refractivity contribution in [2.24, 2.45) is 23.2 Å². The van der Waals surface area contributed by atoms with Gasteiger partial charge in [0.05, 0.1) is 5.60 Å². The molecule has 23 heavy (non-hydrogen) atoms. The molecule has 0 aromatic rings. The maximum absolute atomic E-state index is 11.8. The van der Waals surface area contributed by atoms with E-state index in [0.717, 1.165) is 56.8 Å². The minimum absolute atomic E-state index is 0.132. The van der Waals surface area contributed by atoms with E-state index in [1.54, 1.807) is 5.57 Å². The summed E-state index contributed by atoms with van der Waals surface area (Å²) in [7, 11) is 0. The van der Waals surface area contributed by atoms with Crippen LogP contribution in [0.25, 0.3) is 0 Å². The zero-order valence-corrected chi connectivity index (χ0v) is 14.9. The fourth-order valence-corrected chi connectivity index (χ4v) is 6.99. The van der Waals surface area contributed by atoms with Crippen molar-refractivity contribution in [3.8, 4) is 0 Å². The molecular weight excluding hydrogens is 284 g/mol. The summed E-state index contributed by atoms with van der Waals surface area (Å²) in [6.45, 7) is 4.60. The Morgan fingerprint density at radius 2 is 1.96 bits per heavy atom. The van der Waals surface area contributed by atoms with Crippen LogP contribution < -0.4 is 0 Å². The average molecular weight is 316 g/mol. The second-order valence-electron chi connectivity index (χ2n) is 9.04. The van der Waals surface area contributed by atoms with E-state index in [2.05, 4.69) is 13.8 Å². The molecule has 0 aromatic heterocycles. The van der Waals surface area contributed by atoms with Gasteiger partial charge in [-0.2, -0.15) is 0 Å². The van der Waals surface area contributed by atoms with E-state index in [1.165, 1.54) is 31.3 Å². The van der Waals surface area contributed by atoms with E-state index in [4.69, 9.17) is 0 Å². The Morgan fingerprint density at radius 1 is 1.13 bits per heavy atom. The van der Waals surface area contributed by atoms with Gasteiger partial charge in [-0.25, -0.2) is 0 Å². The highest BCUT2D eigenvalue weighted by Gasteiger charge is 2.61. The second kappa shape index (κ2) is 5.44. The smallest absolute Gasteiger partial charge is 0.137 e. The van der Waals surface area contributed by atoms with Gasteiger partial charge in [0, 0.05) is 12.8 Å². The van der Waals surface area contributed by atoms with Gasteiger partial charge in [-0.1, -0.05) is 31.4 Å². The summed E-state index contributed by atoms with van der Waals surface area (Å²) in [6.07, 6.45) is 11.7. The van der Waals surface area contributed by atoms with Crippen LogP contribution in [0.3, 0.4) is 0 Å². The van der Waals surface area contributed by atoms with Gasteiger partial charge in [-0.15, -0.1) is 0 Å². The van der Waals surface area contributed by atoms with Crippen molar-refractivity contribution in [2.45, 2.75) is 90.1 Å². The van der Waals surface area contributed by atoms with Gasteiger partial charge in [-0.05, 0) is 74.5 Å². The Bertz CT molecular complexity index is 548. The fourth-order valence-electron chi connectivity index (χ4n) is 6.99. The molecule has 4 aliphatic rings. The van der Waals surface area contributed by atoms with E-state index in [0.29, 0.717) is 11.7 Å². The van der Waals surface area contributed by atoms with Crippen molar-refractivity contribution < 1.29 is 9.90 Å². The first-order valence-corrected chi connectivity index (χ1v) is 9.93. The highest BCUT2D eigenvalue weighted by Crippen LogP contribution is 2.65. The van der Waals surface area contributed by atoms with E-state index < -0.39 is 5.60 Å². The number of fused-ring (bicyclic) bond motifs is 4. The second-order valence-corrected chi connectivity index (χ2v) is 9.04. The fraction of sp³-hybridized carbons (Fsp3) is 0.857. The summed E-state index contributed by atoms with van der Waals surface area (Å²) < 4.78 is 0. The molecule has 0 amide bonds. The lowest BCUT2D eigenvalue weighted by molar-refractivity contribution is -0.120. The molecular formula is C21H32O2. The highest BCUT2D eigenvalue weighted by molar-refractivity contribution is 5.82. The van der Waals surface area contributed by atoms with Gasteiger partial charge in [-0.3, -0.25) is 4.79 Å². The summed E-state index contributed by atoms with van der Waals surface area (Å²) in [5, 5.41) is 11.3. The minimum Gasteiger partial charge on any atom is -0.389 e. The molecule has 2 heteroatoms. The molecule has 4 unspecified atom stereocenters. The van der Waals surface area contributed by atoms with Gasteiger partial charge in [0.2, 0.25) is 0 Å². The van der Waals surface area contributed by atoms with Gasteiger partial charge in [0.15, 0.2) is 0 Å². The molecule has 5 atom stereocenters. The minimum atomic E-state index is -0.422. The van der Waals surface area contributed by atoms with Crippen LogP contribution >= 0.6 is 0 Å². The number of aliphatic hydroxyl groups is 1. The first-order chi connectivity index (χ1) is 11.0. The van der Waals surface area contributed by atoms with Crippen LogP contribution in [0.4, 0.5) is 0 Å². The van der Waals surface area contributed by atoms with Crippen LogP contribution in [0.2, 0.25) is 0 Å². The Labute approximate surface area is 140 Å². The van der Waals surface area contributed by atoms with Crippen LogP contribution in [0, 0.1) is 23.2 Å². The predicted octanol–water partition coefficient (Wildman–Crippen LogP) is 4.80. The van der Waals surface area contributed by atoms with Crippen LogP contribution in [0.1, 0.15) is 84.5 Å². The summed E-state index contributed by atoms with van der Waals surface area (Å²) in [5.41, 5.74) is 2.89. The Morgan fingerprint density at radius 3 is 2.74 bits per heavy atom. The van der Waals surface area contributed by atoms with Crippen LogP contribution in [0.5, 0.6) is 0 Å². The number of ketones is 1. The lowest BCUT2D eigenvalue weighted by atomic mass is 9.52. The molecule has 1 N–H and O–H groups in total. The summed E-state index contributed by atoms with van der Waals surface area (Å²) in [4.78, 5) is 11.8. The first-order valence-electron chi connectivity index (χ1n) is 9.93. The molecule has 0 radical (unpaired) electrons. The molecule has 0 aromatic carbocycles. The van der Waals surface area contributed by atoms with Crippen molar-refractivity contribution in [3.05, 3.63) is 11.1 Å². The Balaban J connectivity index is 1.63. The van der Waals surface area contributed by atoms with Crippen molar-refractivity contribution in [3.63, 3.8) is 0 Å². The summed E-state index contributed by atoms with van der Waals surface area (Å²) >= 11 is 0. The summed E-state index contributed by atoms with van der Waals surface area (Å²) in [6, 6.07) is 0. The third-order valence-corrected chi connectivity index (χ3v) is 8.19. The number of carbonyl (C=O) groups is 1. The van der Waals surface area contributed by atoms with Gasteiger partial charge in [0.1, 0.15) is 5.78 Å². The Hall–Kier alpha value is -0.630. The topological polar surface area (TPSA) is 37.3 Å². The molecule has 0 saturated heterocycles. The third kappa shape index (κ3) is 2.20. The standard InChI is InChI=1S/C21H32O2/c1-3-10-21(23)12-9-19-18-6-4-14-13-15(22)5-7-16(14)17(18)8-11-20(19,21)2/h17-19,23H,3-13H2,1-2H3/t17?,18?,19?,20?,21-/m0/s1. The molecule has 2 nitrogen and oxygen atoms in total. The maximum atomic E-state index is 11.8. The number of carbonyl (C=O) groups excluding carboxylic acids is 1. The normalized spacial score (nSPS) is 46.4. The SMILES string of the molecule is CCC[C@]1(O)CCC2C3CCC4=C(CCC(=O)C4)C3CCC21C. The third-order valence-electron chi connectivity index (χ3n) is 8.19. The molecule has 2 fully saturated rings. The molecule has 0 spiro atoms. The van der Waals surface area contributed by atoms with E-state index in [9.17, 15) is 9.90 Å². The van der Waals surface area contributed by atoms with E-state index in [1.807, 2.05) is 0 Å². The van der Waals surface area contributed by atoms with Crippen molar-refractivity contribution in [1.82, 2.24) is 0 Å². The number of allylic oxidation sites excluding steroid dienone is 2. The van der Waals surface area contributed by atoms with Crippen LogP contribution in [-0.4, -0.2) is 16.5 Å². The van der Waals surface area contributed by atoms with Crippen molar-refractivity contribution in [1.29, 1.82) is 0 Å². The van der Waals surface area contributed by atoms with Gasteiger partial charge >= 0.3 is 0 Å². The van der Waals surface area contributed by atoms with Crippen LogP contribution in [-0.2, 0) is 4.79 Å². The number of hydrogen-bond donors (Lipinski definition) is 1. The zero-order valence-electron chi connectivity index (χ0n) is 14.9. The van der Waals surface area contributed by atoms with Gasteiger partial charge in [0.25, 0.3) is 0 Å². The summed E-state index contributed by atoms with van der Waals surface area (Å²) in [5.74, 6) is 2.66.